The number of nitrogens with one attached hydrogen (secondary N) is 1. The maximum Gasteiger partial charge on any atom is 0.224 e. The normalized spacial score (nSPS) is 14.7. The Labute approximate surface area is 141 Å². The molecule has 0 saturated carbocycles. The molecule has 4 nitrogen and oxygen atoms in total. The molecule has 1 amide bonds. The number of anilines is 2. The number of rotatable bonds is 5. The summed E-state index contributed by atoms with van der Waals surface area (Å²) < 4.78 is 0. The van der Waals surface area contributed by atoms with Crippen LogP contribution in [0.25, 0.3) is 11.3 Å². The second kappa shape index (κ2) is 7.59. The number of nitrogens with zero attached hydrogens (tertiary/aromatic N) is 2. The number of carbonyl (C=O) groups excluding carboxylic acids is 1. The van der Waals surface area contributed by atoms with Gasteiger partial charge in [0, 0.05) is 36.1 Å². The molecule has 1 aromatic carbocycles. The fourth-order valence-corrected chi connectivity index (χ4v) is 3.72. The molecule has 1 N–H and O–H groups in total. The molecule has 1 aliphatic rings. The summed E-state index contributed by atoms with van der Waals surface area (Å²) in [5.74, 6) is 0.0666. The number of hydrogen-bond donors (Lipinski definition) is 1. The predicted octanol–water partition coefficient (Wildman–Crippen LogP) is 4.54. The Hall–Kier alpha value is -1.88. The molecule has 1 aromatic heterocycles. The van der Waals surface area contributed by atoms with E-state index >= 15 is 0 Å². The van der Waals surface area contributed by atoms with E-state index in [0.717, 1.165) is 41.6 Å². The summed E-state index contributed by atoms with van der Waals surface area (Å²) in [7, 11) is 0. The summed E-state index contributed by atoms with van der Waals surface area (Å²) in [5, 5.41) is 6.17. The Morgan fingerprint density at radius 1 is 1.30 bits per heavy atom. The third-order valence-electron chi connectivity index (χ3n) is 4.04. The molecule has 0 spiro atoms. The highest BCUT2D eigenvalue weighted by molar-refractivity contribution is 7.14. The molecule has 1 aliphatic heterocycles. The zero-order valence-corrected chi connectivity index (χ0v) is 14.4. The van der Waals surface area contributed by atoms with E-state index in [1.807, 2.05) is 31.2 Å². The number of piperidine rings is 1. The molecule has 23 heavy (non-hydrogen) atoms. The Kier molecular flexibility index (Phi) is 5.28. The van der Waals surface area contributed by atoms with Crippen molar-refractivity contribution >= 4 is 28.1 Å². The first kappa shape index (κ1) is 16.0. The third kappa shape index (κ3) is 4.10. The van der Waals surface area contributed by atoms with Gasteiger partial charge in [-0.05, 0) is 37.8 Å². The maximum atomic E-state index is 11.7. The molecule has 2 heterocycles. The number of thiazole rings is 1. The number of carbonyl (C=O) groups is 1. The molecule has 1 saturated heterocycles. The second-order valence-corrected chi connectivity index (χ2v) is 6.78. The molecule has 5 heteroatoms. The minimum Gasteiger partial charge on any atom is -0.348 e. The van der Waals surface area contributed by atoms with Crippen LogP contribution in [0.1, 0.15) is 39.0 Å². The molecular formula is C18H23N3OS. The fraction of sp³-hybridized carbons (Fsp3) is 0.444. The predicted molar refractivity (Wildman–Crippen MR) is 97.2 cm³/mol. The van der Waals surface area contributed by atoms with Gasteiger partial charge in [0.2, 0.25) is 5.91 Å². The van der Waals surface area contributed by atoms with Gasteiger partial charge in [-0.3, -0.25) is 4.79 Å². The minimum atomic E-state index is 0.0666. The van der Waals surface area contributed by atoms with Crippen molar-refractivity contribution in [1.82, 2.24) is 4.98 Å². The molecule has 0 atom stereocenters. The third-order valence-corrected chi connectivity index (χ3v) is 4.94. The summed E-state index contributed by atoms with van der Waals surface area (Å²) in [5.41, 5.74) is 2.88. The van der Waals surface area contributed by atoms with Gasteiger partial charge in [-0.1, -0.05) is 19.1 Å². The standard InChI is InChI=1S/C18H23N3OS/c1-2-7-17(22)19-15-9-6-8-14(12-15)16-13-23-18(20-16)21-10-4-3-5-11-21/h6,8-9,12-13H,2-5,7,10-11H2,1H3,(H,19,22). The lowest BCUT2D eigenvalue weighted by Crippen LogP contribution is -2.29. The summed E-state index contributed by atoms with van der Waals surface area (Å²) in [6, 6.07) is 7.94. The monoisotopic (exact) mass is 329 g/mol. The van der Waals surface area contributed by atoms with Crippen molar-refractivity contribution in [1.29, 1.82) is 0 Å². The molecule has 1 fully saturated rings. The summed E-state index contributed by atoms with van der Waals surface area (Å²) in [6.07, 6.45) is 5.26. The van der Waals surface area contributed by atoms with Crippen LogP contribution in [0, 0.1) is 0 Å². The molecule has 3 rings (SSSR count). The summed E-state index contributed by atoms with van der Waals surface area (Å²) in [4.78, 5) is 18.9. The zero-order chi connectivity index (χ0) is 16.1. The van der Waals surface area contributed by atoms with E-state index in [2.05, 4.69) is 15.6 Å². The van der Waals surface area contributed by atoms with Gasteiger partial charge in [0.05, 0.1) is 5.69 Å². The SMILES string of the molecule is CCCC(=O)Nc1cccc(-c2csc(N3CCCCC3)n2)c1. The van der Waals surface area contributed by atoms with Crippen molar-refractivity contribution < 1.29 is 4.79 Å². The van der Waals surface area contributed by atoms with Crippen molar-refractivity contribution in [3.8, 4) is 11.3 Å². The van der Waals surface area contributed by atoms with Crippen LogP contribution in [0.4, 0.5) is 10.8 Å². The average Bonchev–Trinajstić information content (AvgIpc) is 3.06. The van der Waals surface area contributed by atoms with Gasteiger partial charge in [0.15, 0.2) is 5.13 Å². The van der Waals surface area contributed by atoms with Crippen LogP contribution >= 0.6 is 11.3 Å². The molecular weight excluding hydrogens is 306 g/mol. The molecule has 0 radical (unpaired) electrons. The van der Waals surface area contributed by atoms with Gasteiger partial charge >= 0.3 is 0 Å². The van der Waals surface area contributed by atoms with E-state index in [4.69, 9.17) is 4.98 Å². The van der Waals surface area contributed by atoms with E-state index in [1.165, 1.54) is 19.3 Å². The van der Waals surface area contributed by atoms with Gasteiger partial charge in [0.25, 0.3) is 0 Å². The van der Waals surface area contributed by atoms with Gasteiger partial charge in [0.1, 0.15) is 0 Å². The van der Waals surface area contributed by atoms with E-state index in [-0.39, 0.29) is 5.91 Å². The zero-order valence-electron chi connectivity index (χ0n) is 13.5. The minimum absolute atomic E-state index is 0.0666. The van der Waals surface area contributed by atoms with Crippen molar-refractivity contribution in [3.05, 3.63) is 29.6 Å². The smallest absolute Gasteiger partial charge is 0.224 e. The topological polar surface area (TPSA) is 45.2 Å². The van der Waals surface area contributed by atoms with Crippen molar-refractivity contribution in [2.75, 3.05) is 23.3 Å². The van der Waals surface area contributed by atoms with Gasteiger partial charge in [-0.25, -0.2) is 4.98 Å². The van der Waals surface area contributed by atoms with Gasteiger partial charge in [-0.2, -0.15) is 0 Å². The van der Waals surface area contributed by atoms with Gasteiger partial charge < -0.3 is 10.2 Å². The Morgan fingerprint density at radius 3 is 2.91 bits per heavy atom. The highest BCUT2D eigenvalue weighted by atomic mass is 32.1. The molecule has 122 valence electrons. The molecule has 0 aliphatic carbocycles. The van der Waals surface area contributed by atoms with E-state index in [9.17, 15) is 4.79 Å². The lowest BCUT2D eigenvalue weighted by molar-refractivity contribution is -0.116. The fourth-order valence-electron chi connectivity index (χ4n) is 2.83. The Morgan fingerprint density at radius 2 is 2.13 bits per heavy atom. The average molecular weight is 329 g/mol. The van der Waals surface area contributed by atoms with Crippen LogP contribution in [0.15, 0.2) is 29.6 Å². The van der Waals surface area contributed by atoms with E-state index < -0.39 is 0 Å². The maximum absolute atomic E-state index is 11.7. The summed E-state index contributed by atoms with van der Waals surface area (Å²) in [6.45, 7) is 4.23. The molecule has 0 bridgehead atoms. The van der Waals surface area contributed by atoms with Crippen LogP contribution < -0.4 is 10.2 Å². The number of hydrogen-bond acceptors (Lipinski definition) is 4. The van der Waals surface area contributed by atoms with Crippen LogP contribution in [0.5, 0.6) is 0 Å². The number of amides is 1. The highest BCUT2D eigenvalue weighted by Crippen LogP contribution is 2.30. The first-order valence-electron chi connectivity index (χ1n) is 8.37. The number of benzene rings is 1. The lowest BCUT2D eigenvalue weighted by Gasteiger charge is -2.25. The second-order valence-electron chi connectivity index (χ2n) is 5.94. The van der Waals surface area contributed by atoms with Crippen LogP contribution in [-0.2, 0) is 4.79 Å². The molecule has 0 unspecified atom stereocenters. The lowest BCUT2D eigenvalue weighted by atomic mass is 10.1. The molecule has 2 aromatic rings. The quantitative estimate of drug-likeness (QED) is 0.876. The Balaban J connectivity index is 1.74. The highest BCUT2D eigenvalue weighted by Gasteiger charge is 2.15. The largest absolute Gasteiger partial charge is 0.348 e. The van der Waals surface area contributed by atoms with E-state index in [1.54, 1.807) is 11.3 Å². The van der Waals surface area contributed by atoms with Crippen molar-refractivity contribution in [2.24, 2.45) is 0 Å². The van der Waals surface area contributed by atoms with Crippen molar-refractivity contribution in [2.45, 2.75) is 39.0 Å². The number of aromatic nitrogens is 1. The first-order chi connectivity index (χ1) is 11.3. The van der Waals surface area contributed by atoms with Crippen LogP contribution in [0.3, 0.4) is 0 Å². The summed E-state index contributed by atoms with van der Waals surface area (Å²) >= 11 is 1.71. The van der Waals surface area contributed by atoms with Crippen LogP contribution in [-0.4, -0.2) is 24.0 Å². The van der Waals surface area contributed by atoms with Crippen LogP contribution in [0.2, 0.25) is 0 Å². The first-order valence-corrected chi connectivity index (χ1v) is 9.25. The van der Waals surface area contributed by atoms with Crippen molar-refractivity contribution in [3.63, 3.8) is 0 Å². The Bertz CT molecular complexity index is 662. The van der Waals surface area contributed by atoms with Gasteiger partial charge in [-0.15, -0.1) is 11.3 Å². The van der Waals surface area contributed by atoms with E-state index in [0.29, 0.717) is 6.42 Å².